The normalized spacial score (nSPS) is 19.2. The van der Waals surface area contributed by atoms with Crippen molar-refractivity contribution >= 4 is 35.0 Å². The molecule has 1 N–H and O–H groups in total. The largest absolute Gasteiger partial charge is 0.358 e. The molecule has 1 aromatic rings. The fourth-order valence-electron chi connectivity index (χ4n) is 3.72. The lowest BCUT2D eigenvalue weighted by molar-refractivity contribution is -0.120. The van der Waals surface area contributed by atoms with Crippen molar-refractivity contribution in [2.24, 2.45) is 0 Å². The highest BCUT2D eigenvalue weighted by atomic mass is 32.2. The average Bonchev–Trinajstić information content (AvgIpc) is 2.68. The van der Waals surface area contributed by atoms with Crippen LogP contribution >= 0.6 is 11.8 Å². The zero-order chi connectivity index (χ0) is 18.5. The number of carbonyl (C=O) groups is 2. The molecule has 1 atom stereocenters. The van der Waals surface area contributed by atoms with Crippen LogP contribution in [0.3, 0.4) is 0 Å². The van der Waals surface area contributed by atoms with Crippen molar-refractivity contribution in [1.29, 1.82) is 0 Å². The molecule has 6 heteroatoms. The zero-order valence-electron chi connectivity index (χ0n) is 15.8. The van der Waals surface area contributed by atoms with Crippen molar-refractivity contribution in [3.8, 4) is 0 Å². The third kappa shape index (κ3) is 4.00. The first-order valence-corrected chi connectivity index (χ1v) is 10.8. The van der Waals surface area contributed by atoms with Crippen LogP contribution in [0.4, 0.5) is 11.4 Å². The Bertz CT molecular complexity index is 664. The second-order valence-corrected chi connectivity index (χ2v) is 8.25. The minimum absolute atomic E-state index is 0.0402. The molecule has 0 bridgehead atoms. The van der Waals surface area contributed by atoms with E-state index in [1.807, 2.05) is 37.0 Å². The van der Waals surface area contributed by atoms with Crippen LogP contribution in [0.1, 0.15) is 49.4 Å². The highest BCUT2D eigenvalue weighted by molar-refractivity contribution is 7.99. The van der Waals surface area contributed by atoms with Gasteiger partial charge in [0.1, 0.15) is 6.04 Å². The summed E-state index contributed by atoms with van der Waals surface area (Å²) in [6.45, 7) is 3.78. The number of nitrogens with one attached hydrogen (secondary N) is 1. The number of piperidine rings is 1. The molecule has 2 aliphatic rings. The lowest BCUT2D eigenvalue weighted by atomic mass is 9.96. The molecule has 1 aromatic carbocycles. The van der Waals surface area contributed by atoms with E-state index in [1.165, 1.54) is 12.2 Å². The number of anilines is 2. The summed E-state index contributed by atoms with van der Waals surface area (Å²) < 4.78 is 0. The number of rotatable bonds is 7. The van der Waals surface area contributed by atoms with E-state index >= 15 is 0 Å². The first-order chi connectivity index (χ1) is 12.6. The number of carbonyl (C=O) groups excluding carboxylic acids is 2. The van der Waals surface area contributed by atoms with E-state index in [4.69, 9.17) is 0 Å². The molecule has 0 unspecified atom stereocenters. The standard InChI is InChI=1S/C20H29N3O2S/c1-3-12-26-13-6-10-21-19(24)15-8-9-16-18(14-15)22(2)20(25)17-7-4-5-11-23(16)17/h8-9,14,17H,3-7,10-13H2,1-2H3,(H,21,24)/t17-/m0/s1. The van der Waals surface area contributed by atoms with Crippen LogP contribution in [-0.2, 0) is 4.79 Å². The summed E-state index contributed by atoms with van der Waals surface area (Å²) in [5.74, 6) is 2.33. The molecule has 0 aromatic heterocycles. The van der Waals surface area contributed by atoms with Crippen LogP contribution in [0.25, 0.3) is 0 Å². The molecule has 2 aliphatic heterocycles. The zero-order valence-corrected chi connectivity index (χ0v) is 16.6. The minimum Gasteiger partial charge on any atom is -0.358 e. The van der Waals surface area contributed by atoms with Gasteiger partial charge in [-0.25, -0.2) is 0 Å². The Morgan fingerprint density at radius 2 is 2.12 bits per heavy atom. The number of benzene rings is 1. The van der Waals surface area contributed by atoms with Gasteiger partial charge in [0.25, 0.3) is 5.91 Å². The maximum absolute atomic E-state index is 12.7. The van der Waals surface area contributed by atoms with Crippen LogP contribution in [0.2, 0.25) is 0 Å². The van der Waals surface area contributed by atoms with Gasteiger partial charge >= 0.3 is 0 Å². The second-order valence-electron chi connectivity index (χ2n) is 7.03. The van der Waals surface area contributed by atoms with Crippen LogP contribution in [-0.4, -0.2) is 49.5 Å². The molecule has 2 amide bonds. The maximum atomic E-state index is 12.7. The Balaban J connectivity index is 1.66. The van der Waals surface area contributed by atoms with Crippen LogP contribution in [0.15, 0.2) is 18.2 Å². The van der Waals surface area contributed by atoms with Crippen LogP contribution in [0.5, 0.6) is 0 Å². The first kappa shape index (κ1) is 19.1. The molecule has 3 rings (SSSR count). The monoisotopic (exact) mass is 375 g/mol. The van der Waals surface area contributed by atoms with E-state index in [0.717, 1.165) is 49.4 Å². The molecule has 26 heavy (non-hydrogen) atoms. The fourth-order valence-corrected chi connectivity index (χ4v) is 4.56. The van der Waals surface area contributed by atoms with Gasteiger partial charge in [-0.2, -0.15) is 11.8 Å². The SMILES string of the molecule is CCCSCCCNC(=O)c1ccc2c(c1)N(C)C(=O)[C@@H]1CCCCN21. The van der Waals surface area contributed by atoms with E-state index in [1.54, 1.807) is 4.90 Å². The smallest absolute Gasteiger partial charge is 0.251 e. The highest BCUT2D eigenvalue weighted by Gasteiger charge is 2.37. The predicted octanol–water partition coefficient (Wildman–Crippen LogP) is 3.29. The number of nitrogens with zero attached hydrogens (tertiary/aromatic N) is 2. The molecule has 2 heterocycles. The van der Waals surface area contributed by atoms with Gasteiger partial charge in [0, 0.05) is 25.7 Å². The van der Waals surface area contributed by atoms with Gasteiger partial charge in [-0.3, -0.25) is 9.59 Å². The number of hydrogen-bond acceptors (Lipinski definition) is 4. The molecule has 142 valence electrons. The third-order valence-electron chi connectivity index (χ3n) is 5.13. The summed E-state index contributed by atoms with van der Waals surface area (Å²) in [6.07, 6.45) is 5.31. The van der Waals surface area contributed by atoms with E-state index < -0.39 is 0 Å². The van der Waals surface area contributed by atoms with E-state index in [-0.39, 0.29) is 17.9 Å². The fraction of sp³-hybridized carbons (Fsp3) is 0.600. The van der Waals surface area contributed by atoms with Gasteiger partial charge in [0.15, 0.2) is 0 Å². The Hall–Kier alpha value is -1.69. The van der Waals surface area contributed by atoms with Crippen molar-refractivity contribution < 1.29 is 9.59 Å². The van der Waals surface area contributed by atoms with Crippen molar-refractivity contribution in [3.05, 3.63) is 23.8 Å². The quantitative estimate of drug-likeness (QED) is 0.743. The van der Waals surface area contributed by atoms with Crippen molar-refractivity contribution in [2.45, 2.75) is 45.1 Å². The molecular weight excluding hydrogens is 346 g/mol. The van der Waals surface area contributed by atoms with Crippen molar-refractivity contribution in [2.75, 3.05) is 41.4 Å². The van der Waals surface area contributed by atoms with Crippen LogP contribution in [0, 0.1) is 0 Å². The van der Waals surface area contributed by atoms with E-state index in [9.17, 15) is 9.59 Å². The maximum Gasteiger partial charge on any atom is 0.251 e. The Morgan fingerprint density at radius 3 is 2.92 bits per heavy atom. The molecule has 0 saturated carbocycles. The molecule has 5 nitrogen and oxygen atoms in total. The van der Waals surface area contributed by atoms with Crippen LogP contribution < -0.4 is 15.1 Å². The topological polar surface area (TPSA) is 52.7 Å². The summed E-state index contributed by atoms with van der Waals surface area (Å²) in [6, 6.07) is 5.71. The summed E-state index contributed by atoms with van der Waals surface area (Å²) in [5, 5.41) is 3.00. The molecular formula is C20H29N3O2S. The Kier molecular flexibility index (Phi) is 6.46. The lowest BCUT2D eigenvalue weighted by Crippen LogP contribution is -2.54. The summed E-state index contributed by atoms with van der Waals surface area (Å²) >= 11 is 1.93. The average molecular weight is 376 g/mol. The molecule has 0 radical (unpaired) electrons. The lowest BCUT2D eigenvalue weighted by Gasteiger charge is -2.44. The number of likely N-dealkylation sites (N-methyl/N-ethyl adjacent to an activating group) is 1. The van der Waals surface area contributed by atoms with Crippen molar-refractivity contribution in [3.63, 3.8) is 0 Å². The van der Waals surface area contributed by atoms with Gasteiger partial charge in [0.05, 0.1) is 11.4 Å². The third-order valence-corrected chi connectivity index (χ3v) is 6.40. The molecule has 1 saturated heterocycles. The predicted molar refractivity (Wildman–Crippen MR) is 109 cm³/mol. The highest BCUT2D eigenvalue weighted by Crippen LogP contribution is 2.39. The number of amides is 2. The van der Waals surface area contributed by atoms with E-state index in [2.05, 4.69) is 17.1 Å². The second kappa shape index (κ2) is 8.80. The number of thioether (sulfide) groups is 1. The van der Waals surface area contributed by atoms with Gasteiger partial charge in [0.2, 0.25) is 5.91 Å². The summed E-state index contributed by atoms with van der Waals surface area (Å²) in [4.78, 5) is 29.1. The van der Waals surface area contributed by atoms with Crippen molar-refractivity contribution in [1.82, 2.24) is 5.32 Å². The van der Waals surface area contributed by atoms with Gasteiger partial charge in [-0.15, -0.1) is 0 Å². The molecule has 0 aliphatic carbocycles. The summed E-state index contributed by atoms with van der Waals surface area (Å²) in [5.41, 5.74) is 2.55. The molecule has 0 spiro atoms. The minimum atomic E-state index is -0.0603. The Morgan fingerprint density at radius 1 is 1.27 bits per heavy atom. The first-order valence-electron chi connectivity index (χ1n) is 9.67. The van der Waals surface area contributed by atoms with Gasteiger partial charge in [-0.1, -0.05) is 6.92 Å². The Labute approximate surface area is 160 Å². The summed E-state index contributed by atoms with van der Waals surface area (Å²) in [7, 11) is 1.82. The molecule has 1 fully saturated rings. The number of fused-ring (bicyclic) bond motifs is 3. The van der Waals surface area contributed by atoms with Gasteiger partial charge < -0.3 is 15.1 Å². The van der Waals surface area contributed by atoms with E-state index in [0.29, 0.717) is 12.1 Å². The van der Waals surface area contributed by atoms with Gasteiger partial charge in [-0.05, 0) is 61.8 Å². The number of hydrogen-bond donors (Lipinski definition) is 1.